The number of fused-ring (bicyclic) bond motifs is 1. The van der Waals surface area contributed by atoms with Crippen LogP contribution in [0.15, 0.2) is 34.3 Å². The van der Waals surface area contributed by atoms with E-state index >= 15 is 0 Å². The normalized spacial score (nSPS) is 12.0. The number of carbonyl (C=O) groups is 2. The molecule has 4 nitrogen and oxygen atoms in total. The van der Waals surface area contributed by atoms with Gasteiger partial charge in [-0.1, -0.05) is 35.8 Å². The zero-order valence-corrected chi connectivity index (χ0v) is 14.4. The first-order valence-corrected chi connectivity index (χ1v) is 7.93. The van der Waals surface area contributed by atoms with Gasteiger partial charge in [0.05, 0.1) is 6.61 Å². The number of rotatable bonds is 5. The molecule has 1 heterocycles. The van der Waals surface area contributed by atoms with E-state index in [0.717, 1.165) is 15.4 Å². The number of benzene rings is 1. The molecule has 0 saturated heterocycles. The zero-order chi connectivity index (χ0) is 16.3. The standard InChI is InChI=1S/C17H18BrNO3/c1-4-22-17(21)14(16(20)10(2)3)9-13-7-11-5-6-12(18)8-15(11)19-13/h5-10,19H,4H2,1-3H3/b14-9-. The van der Waals surface area contributed by atoms with Crippen LogP contribution in [0.3, 0.4) is 0 Å². The third-order valence-electron chi connectivity index (χ3n) is 3.19. The van der Waals surface area contributed by atoms with Crippen molar-refractivity contribution in [3.8, 4) is 0 Å². The van der Waals surface area contributed by atoms with Gasteiger partial charge in [-0.2, -0.15) is 0 Å². The summed E-state index contributed by atoms with van der Waals surface area (Å²) in [5.74, 6) is -1.08. The zero-order valence-electron chi connectivity index (χ0n) is 12.8. The van der Waals surface area contributed by atoms with E-state index in [4.69, 9.17) is 4.74 Å². The Morgan fingerprint density at radius 3 is 2.68 bits per heavy atom. The molecule has 22 heavy (non-hydrogen) atoms. The van der Waals surface area contributed by atoms with Gasteiger partial charge in [0.25, 0.3) is 0 Å². The lowest BCUT2D eigenvalue weighted by Gasteiger charge is -2.08. The highest BCUT2D eigenvalue weighted by Gasteiger charge is 2.22. The van der Waals surface area contributed by atoms with Gasteiger partial charge in [0.2, 0.25) is 0 Å². The maximum absolute atomic E-state index is 12.2. The molecular weight excluding hydrogens is 346 g/mol. The molecule has 116 valence electrons. The molecule has 0 spiro atoms. The van der Waals surface area contributed by atoms with Gasteiger partial charge in [-0.3, -0.25) is 4.79 Å². The SMILES string of the molecule is CCOC(=O)/C(=C\c1cc2ccc(Br)cc2[nH]1)C(=O)C(C)C. The quantitative estimate of drug-likeness (QED) is 0.376. The van der Waals surface area contributed by atoms with E-state index < -0.39 is 5.97 Å². The van der Waals surface area contributed by atoms with Crippen molar-refractivity contribution in [2.24, 2.45) is 5.92 Å². The Kier molecular flexibility index (Phi) is 5.19. The molecule has 0 atom stereocenters. The van der Waals surface area contributed by atoms with Gasteiger partial charge in [0, 0.05) is 27.0 Å². The van der Waals surface area contributed by atoms with Crippen LogP contribution in [0.4, 0.5) is 0 Å². The third kappa shape index (κ3) is 3.65. The van der Waals surface area contributed by atoms with E-state index in [1.807, 2.05) is 24.3 Å². The van der Waals surface area contributed by atoms with Crippen LogP contribution >= 0.6 is 15.9 Å². The van der Waals surface area contributed by atoms with Gasteiger partial charge in [-0.25, -0.2) is 4.79 Å². The largest absolute Gasteiger partial charge is 0.462 e. The summed E-state index contributed by atoms with van der Waals surface area (Å²) in [6.45, 7) is 5.48. The lowest BCUT2D eigenvalue weighted by molar-refractivity contribution is -0.140. The average Bonchev–Trinajstić information content (AvgIpc) is 2.85. The summed E-state index contributed by atoms with van der Waals surface area (Å²) in [5, 5.41) is 1.01. The van der Waals surface area contributed by atoms with Crippen LogP contribution in [0.25, 0.3) is 17.0 Å². The second-order valence-corrected chi connectivity index (χ2v) is 6.17. The van der Waals surface area contributed by atoms with Crippen LogP contribution in [-0.2, 0) is 14.3 Å². The predicted octanol–water partition coefficient (Wildman–Crippen LogP) is 4.10. The van der Waals surface area contributed by atoms with E-state index in [0.29, 0.717) is 5.69 Å². The summed E-state index contributed by atoms with van der Waals surface area (Å²) in [4.78, 5) is 27.5. The van der Waals surface area contributed by atoms with Crippen molar-refractivity contribution in [3.05, 3.63) is 40.0 Å². The van der Waals surface area contributed by atoms with E-state index in [2.05, 4.69) is 20.9 Å². The number of hydrogen-bond donors (Lipinski definition) is 1. The number of H-pyrrole nitrogens is 1. The highest BCUT2D eigenvalue weighted by atomic mass is 79.9. The molecule has 0 aliphatic heterocycles. The topological polar surface area (TPSA) is 59.2 Å². The first-order chi connectivity index (χ1) is 10.4. The van der Waals surface area contributed by atoms with Crippen molar-refractivity contribution >= 4 is 44.7 Å². The molecule has 0 saturated carbocycles. The monoisotopic (exact) mass is 363 g/mol. The van der Waals surface area contributed by atoms with Crippen molar-refractivity contribution in [1.82, 2.24) is 4.98 Å². The number of carbonyl (C=O) groups excluding carboxylic acids is 2. The van der Waals surface area contributed by atoms with Crippen LogP contribution < -0.4 is 0 Å². The van der Waals surface area contributed by atoms with E-state index in [-0.39, 0.29) is 23.9 Å². The lowest BCUT2D eigenvalue weighted by atomic mass is 10.0. The number of nitrogens with one attached hydrogen (secondary N) is 1. The van der Waals surface area contributed by atoms with Crippen molar-refractivity contribution in [2.75, 3.05) is 6.61 Å². The Labute approximate surface area is 137 Å². The summed E-state index contributed by atoms with van der Waals surface area (Å²) in [6.07, 6.45) is 1.56. The lowest BCUT2D eigenvalue weighted by Crippen LogP contribution is -2.19. The van der Waals surface area contributed by atoms with Crippen LogP contribution in [0.5, 0.6) is 0 Å². The second-order valence-electron chi connectivity index (χ2n) is 5.25. The van der Waals surface area contributed by atoms with Crippen molar-refractivity contribution in [2.45, 2.75) is 20.8 Å². The van der Waals surface area contributed by atoms with Crippen LogP contribution in [-0.4, -0.2) is 23.3 Å². The minimum Gasteiger partial charge on any atom is -0.462 e. The Hall–Kier alpha value is -1.88. The molecule has 0 unspecified atom stereocenters. The average molecular weight is 364 g/mol. The number of Topliss-reactive ketones (excluding diaryl/α,β-unsaturated/α-hetero) is 1. The summed E-state index contributed by atoms with van der Waals surface area (Å²) < 4.78 is 5.95. The van der Waals surface area contributed by atoms with Crippen molar-refractivity contribution < 1.29 is 14.3 Å². The Morgan fingerprint density at radius 2 is 2.05 bits per heavy atom. The summed E-state index contributed by atoms with van der Waals surface area (Å²) >= 11 is 3.41. The first kappa shape index (κ1) is 16.5. The Bertz CT molecular complexity index is 743. The predicted molar refractivity (Wildman–Crippen MR) is 90.5 cm³/mol. The van der Waals surface area contributed by atoms with Crippen LogP contribution in [0.1, 0.15) is 26.5 Å². The van der Waals surface area contributed by atoms with E-state index in [9.17, 15) is 9.59 Å². The molecule has 0 amide bonds. The summed E-state index contributed by atoms with van der Waals surface area (Å²) in [7, 11) is 0. The van der Waals surface area contributed by atoms with Gasteiger partial charge in [0.1, 0.15) is 5.57 Å². The maximum atomic E-state index is 12.2. The molecule has 0 fully saturated rings. The molecule has 1 N–H and O–H groups in total. The number of aromatic amines is 1. The number of aromatic nitrogens is 1. The number of halogens is 1. The summed E-state index contributed by atoms with van der Waals surface area (Å²) in [5.41, 5.74) is 1.70. The highest BCUT2D eigenvalue weighted by molar-refractivity contribution is 9.10. The minimum absolute atomic E-state index is 0.0717. The minimum atomic E-state index is -0.582. The number of esters is 1. The molecule has 2 rings (SSSR count). The van der Waals surface area contributed by atoms with Crippen LogP contribution in [0, 0.1) is 5.92 Å². The summed E-state index contributed by atoms with van der Waals surface area (Å²) in [6, 6.07) is 7.74. The van der Waals surface area contributed by atoms with E-state index in [1.54, 1.807) is 26.8 Å². The Morgan fingerprint density at radius 1 is 1.32 bits per heavy atom. The van der Waals surface area contributed by atoms with Crippen molar-refractivity contribution in [3.63, 3.8) is 0 Å². The van der Waals surface area contributed by atoms with Crippen LogP contribution in [0.2, 0.25) is 0 Å². The fourth-order valence-electron chi connectivity index (χ4n) is 2.11. The maximum Gasteiger partial charge on any atom is 0.341 e. The first-order valence-electron chi connectivity index (χ1n) is 7.13. The highest BCUT2D eigenvalue weighted by Crippen LogP contribution is 2.22. The molecule has 5 heteroatoms. The van der Waals surface area contributed by atoms with Gasteiger partial charge >= 0.3 is 5.97 Å². The Balaban J connectivity index is 2.45. The number of ether oxygens (including phenoxy) is 1. The van der Waals surface area contributed by atoms with Gasteiger partial charge in [0.15, 0.2) is 5.78 Å². The van der Waals surface area contributed by atoms with Gasteiger partial charge in [-0.05, 0) is 31.2 Å². The molecule has 0 aliphatic rings. The molecule has 1 aromatic carbocycles. The van der Waals surface area contributed by atoms with Crippen molar-refractivity contribution in [1.29, 1.82) is 0 Å². The van der Waals surface area contributed by atoms with Gasteiger partial charge < -0.3 is 9.72 Å². The molecular formula is C17H18BrNO3. The fourth-order valence-corrected chi connectivity index (χ4v) is 2.47. The van der Waals surface area contributed by atoms with Gasteiger partial charge in [-0.15, -0.1) is 0 Å². The fraction of sp³-hybridized carbons (Fsp3) is 0.294. The number of ketones is 1. The third-order valence-corrected chi connectivity index (χ3v) is 3.68. The molecule has 0 radical (unpaired) electrons. The molecule has 0 bridgehead atoms. The second kappa shape index (κ2) is 6.92. The molecule has 2 aromatic rings. The molecule has 0 aliphatic carbocycles. The smallest absolute Gasteiger partial charge is 0.341 e. The number of hydrogen-bond acceptors (Lipinski definition) is 3. The molecule has 1 aromatic heterocycles. The van der Waals surface area contributed by atoms with E-state index in [1.165, 1.54) is 0 Å².